The Hall–Kier alpha value is -2.73. The number of hydrogen-bond donors (Lipinski definition) is 1. The first-order chi connectivity index (χ1) is 13.6. The summed E-state index contributed by atoms with van der Waals surface area (Å²) in [6.07, 6.45) is 3.58. The predicted molar refractivity (Wildman–Crippen MR) is 109 cm³/mol. The van der Waals surface area contributed by atoms with Gasteiger partial charge < -0.3 is 10.6 Å². The molecule has 3 aromatic rings. The van der Waals surface area contributed by atoms with Gasteiger partial charge in [-0.25, -0.2) is 8.78 Å². The topological polar surface area (TPSA) is 45.4 Å². The number of nitrogens with zero attached hydrogens (tertiary/aromatic N) is 3. The molecule has 4 nitrogen and oxygen atoms in total. The first-order valence-corrected chi connectivity index (χ1v) is 9.65. The number of pyridine rings is 1. The molecule has 146 valence electrons. The molecule has 28 heavy (non-hydrogen) atoms. The molecule has 2 heterocycles. The smallest absolute Gasteiger partial charge is 0.125 e. The second kappa shape index (κ2) is 8.10. The molecule has 6 heteroatoms. The van der Waals surface area contributed by atoms with E-state index < -0.39 is 0 Å². The molecule has 0 spiro atoms. The number of nitrogens with two attached hydrogens (primary N) is 1. The van der Waals surface area contributed by atoms with Crippen molar-refractivity contribution in [1.82, 2.24) is 9.88 Å². The molecule has 1 aliphatic rings. The third kappa shape index (κ3) is 4.22. The van der Waals surface area contributed by atoms with E-state index in [1.54, 1.807) is 6.20 Å². The SMILES string of the molecule is Nc1cc(F)cc2cnc(CCCN3CCN(c4ccc(F)cc4)CC3)cc12. The number of rotatable bonds is 5. The average Bonchev–Trinajstić information content (AvgIpc) is 2.69. The lowest BCUT2D eigenvalue weighted by atomic mass is 10.1. The highest BCUT2D eigenvalue weighted by atomic mass is 19.1. The zero-order valence-electron chi connectivity index (χ0n) is 15.7. The van der Waals surface area contributed by atoms with Gasteiger partial charge in [0.2, 0.25) is 0 Å². The number of hydrogen-bond acceptors (Lipinski definition) is 4. The van der Waals surface area contributed by atoms with Crippen molar-refractivity contribution in [2.75, 3.05) is 43.4 Å². The molecule has 1 fully saturated rings. The van der Waals surface area contributed by atoms with Gasteiger partial charge in [0.1, 0.15) is 11.6 Å². The van der Waals surface area contributed by atoms with E-state index in [0.29, 0.717) is 5.69 Å². The second-order valence-electron chi connectivity index (χ2n) is 7.30. The summed E-state index contributed by atoms with van der Waals surface area (Å²) in [6.45, 7) is 4.89. The van der Waals surface area contributed by atoms with Crippen LogP contribution < -0.4 is 10.6 Å². The van der Waals surface area contributed by atoms with Crippen LogP contribution in [0.25, 0.3) is 10.8 Å². The van der Waals surface area contributed by atoms with Crippen LogP contribution in [0.2, 0.25) is 0 Å². The highest BCUT2D eigenvalue weighted by Gasteiger charge is 2.17. The summed E-state index contributed by atoms with van der Waals surface area (Å²) in [5.74, 6) is -0.532. The summed E-state index contributed by atoms with van der Waals surface area (Å²) in [5, 5.41) is 1.59. The van der Waals surface area contributed by atoms with Crippen LogP contribution in [0.5, 0.6) is 0 Å². The minimum atomic E-state index is -0.334. The van der Waals surface area contributed by atoms with E-state index in [9.17, 15) is 8.78 Å². The fourth-order valence-electron chi connectivity index (χ4n) is 3.79. The normalized spacial score (nSPS) is 15.3. The van der Waals surface area contributed by atoms with Crippen molar-refractivity contribution in [3.05, 3.63) is 66.0 Å². The number of nitrogen functional groups attached to an aromatic ring is 1. The molecular weight excluding hydrogens is 358 g/mol. The monoisotopic (exact) mass is 382 g/mol. The third-order valence-electron chi connectivity index (χ3n) is 5.36. The van der Waals surface area contributed by atoms with E-state index in [0.717, 1.165) is 67.7 Å². The predicted octanol–water partition coefficient (Wildman–Crippen LogP) is 3.85. The molecular formula is C22H24F2N4. The van der Waals surface area contributed by atoms with E-state index in [1.165, 1.54) is 24.3 Å². The average molecular weight is 382 g/mol. The lowest BCUT2D eigenvalue weighted by Crippen LogP contribution is -2.46. The highest BCUT2D eigenvalue weighted by Crippen LogP contribution is 2.23. The Bertz CT molecular complexity index is 951. The van der Waals surface area contributed by atoms with E-state index in [-0.39, 0.29) is 11.6 Å². The number of piperazine rings is 1. The minimum absolute atomic E-state index is 0.198. The van der Waals surface area contributed by atoms with Gasteiger partial charge >= 0.3 is 0 Å². The molecule has 0 saturated carbocycles. The summed E-state index contributed by atoms with van der Waals surface area (Å²) in [4.78, 5) is 9.19. The number of aromatic nitrogens is 1. The van der Waals surface area contributed by atoms with Crippen LogP contribution in [-0.4, -0.2) is 42.6 Å². The molecule has 0 bridgehead atoms. The minimum Gasteiger partial charge on any atom is -0.398 e. The number of benzene rings is 2. The van der Waals surface area contributed by atoms with Gasteiger partial charge in [-0.05, 0) is 61.9 Å². The molecule has 0 aliphatic carbocycles. The van der Waals surface area contributed by atoms with Crippen molar-refractivity contribution in [3.8, 4) is 0 Å². The fraction of sp³-hybridized carbons (Fsp3) is 0.318. The Morgan fingerprint density at radius 1 is 0.929 bits per heavy atom. The van der Waals surface area contributed by atoms with Gasteiger partial charge in [-0.3, -0.25) is 9.88 Å². The molecule has 1 aromatic heterocycles. The molecule has 0 amide bonds. The summed E-state index contributed by atoms with van der Waals surface area (Å²) >= 11 is 0. The van der Waals surface area contributed by atoms with Crippen molar-refractivity contribution in [2.24, 2.45) is 0 Å². The van der Waals surface area contributed by atoms with Gasteiger partial charge in [-0.1, -0.05) is 0 Å². The zero-order chi connectivity index (χ0) is 19.5. The maximum absolute atomic E-state index is 13.4. The van der Waals surface area contributed by atoms with Gasteiger partial charge in [0, 0.05) is 60.2 Å². The van der Waals surface area contributed by atoms with Crippen LogP contribution in [-0.2, 0) is 6.42 Å². The van der Waals surface area contributed by atoms with Gasteiger partial charge in [0.15, 0.2) is 0 Å². The van der Waals surface area contributed by atoms with E-state index in [2.05, 4.69) is 14.8 Å². The Balaban J connectivity index is 1.28. The fourth-order valence-corrected chi connectivity index (χ4v) is 3.79. The van der Waals surface area contributed by atoms with Crippen LogP contribution >= 0.6 is 0 Å². The number of fused-ring (bicyclic) bond motifs is 1. The second-order valence-corrected chi connectivity index (χ2v) is 7.30. The molecule has 1 aliphatic heterocycles. The summed E-state index contributed by atoms with van der Waals surface area (Å²) in [6, 6.07) is 11.5. The Morgan fingerprint density at radius 2 is 1.68 bits per heavy atom. The Labute approximate surface area is 163 Å². The van der Waals surface area contributed by atoms with Crippen molar-refractivity contribution in [1.29, 1.82) is 0 Å². The molecule has 1 saturated heterocycles. The molecule has 4 rings (SSSR count). The number of halogens is 2. The van der Waals surface area contributed by atoms with Crippen molar-refractivity contribution in [2.45, 2.75) is 12.8 Å². The van der Waals surface area contributed by atoms with Gasteiger partial charge in [0.25, 0.3) is 0 Å². The van der Waals surface area contributed by atoms with E-state index in [1.807, 2.05) is 18.2 Å². The van der Waals surface area contributed by atoms with Gasteiger partial charge in [-0.15, -0.1) is 0 Å². The van der Waals surface area contributed by atoms with Crippen LogP contribution in [0.1, 0.15) is 12.1 Å². The zero-order valence-corrected chi connectivity index (χ0v) is 15.7. The van der Waals surface area contributed by atoms with Crippen molar-refractivity contribution < 1.29 is 8.78 Å². The Morgan fingerprint density at radius 3 is 2.43 bits per heavy atom. The maximum atomic E-state index is 13.4. The van der Waals surface area contributed by atoms with Crippen LogP contribution in [0.4, 0.5) is 20.2 Å². The summed E-state index contributed by atoms with van der Waals surface area (Å²) in [5.41, 5.74) is 8.45. The number of aryl methyl sites for hydroxylation is 1. The Kier molecular flexibility index (Phi) is 5.39. The quantitative estimate of drug-likeness (QED) is 0.681. The highest BCUT2D eigenvalue weighted by molar-refractivity contribution is 5.92. The van der Waals surface area contributed by atoms with Crippen LogP contribution in [0.15, 0.2) is 48.7 Å². The van der Waals surface area contributed by atoms with Gasteiger partial charge in [-0.2, -0.15) is 0 Å². The van der Waals surface area contributed by atoms with Crippen LogP contribution in [0.3, 0.4) is 0 Å². The number of anilines is 2. The molecule has 0 atom stereocenters. The van der Waals surface area contributed by atoms with Crippen LogP contribution in [0, 0.1) is 11.6 Å². The summed E-state index contributed by atoms with van der Waals surface area (Å²) in [7, 11) is 0. The van der Waals surface area contributed by atoms with E-state index >= 15 is 0 Å². The molecule has 2 N–H and O–H groups in total. The lowest BCUT2D eigenvalue weighted by Gasteiger charge is -2.36. The van der Waals surface area contributed by atoms with E-state index in [4.69, 9.17) is 5.73 Å². The first kappa shape index (κ1) is 18.6. The third-order valence-corrected chi connectivity index (χ3v) is 5.36. The largest absolute Gasteiger partial charge is 0.398 e. The van der Waals surface area contributed by atoms with Gasteiger partial charge in [0.05, 0.1) is 0 Å². The molecule has 2 aromatic carbocycles. The maximum Gasteiger partial charge on any atom is 0.125 e. The lowest BCUT2D eigenvalue weighted by molar-refractivity contribution is 0.255. The van der Waals surface area contributed by atoms with Crippen molar-refractivity contribution >= 4 is 22.1 Å². The molecule has 0 unspecified atom stereocenters. The summed E-state index contributed by atoms with van der Waals surface area (Å²) < 4.78 is 26.5. The first-order valence-electron chi connectivity index (χ1n) is 9.65. The van der Waals surface area contributed by atoms with Crippen molar-refractivity contribution in [3.63, 3.8) is 0 Å². The standard InChI is InChI=1S/C22H24F2N4/c23-17-3-5-20(6-4-17)28-10-8-27(9-11-28)7-1-2-19-14-21-16(15-26-19)12-18(24)13-22(21)25/h3-6,12-15H,1-2,7-11,25H2. The molecule has 0 radical (unpaired) electrons.